The van der Waals surface area contributed by atoms with Crippen LogP contribution in [-0.2, 0) is 13.6 Å². The molecule has 23 heavy (non-hydrogen) atoms. The van der Waals surface area contributed by atoms with E-state index in [9.17, 15) is 13.2 Å². The standard InChI is InChI=1S/C17H16F3N3/c1-10-15(11(2)22(3)21-10)9-23-5-4-12(8-23)14-6-13(18)7-16(19)17(14)20/h4-8H,9H2,1-3H3. The predicted molar refractivity (Wildman–Crippen MR) is 81.5 cm³/mol. The van der Waals surface area contributed by atoms with E-state index in [-0.39, 0.29) is 5.56 Å². The van der Waals surface area contributed by atoms with E-state index in [1.165, 1.54) is 0 Å². The van der Waals surface area contributed by atoms with Crippen LogP contribution in [0.15, 0.2) is 30.6 Å². The summed E-state index contributed by atoms with van der Waals surface area (Å²) >= 11 is 0. The molecule has 3 rings (SSSR count). The van der Waals surface area contributed by atoms with E-state index >= 15 is 0 Å². The van der Waals surface area contributed by atoms with Crippen molar-refractivity contribution in [2.75, 3.05) is 0 Å². The van der Waals surface area contributed by atoms with E-state index in [0.717, 1.165) is 23.0 Å². The summed E-state index contributed by atoms with van der Waals surface area (Å²) in [5, 5.41) is 4.35. The molecule has 0 aliphatic heterocycles. The van der Waals surface area contributed by atoms with Crippen LogP contribution < -0.4 is 0 Å². The molecule has 0 radical (unpaired) electrons. The van der Waals surface area contributed by atoms with Crippen LogP contribution in [0.3, 0.4) is 0 Å². The Morgan fingerprint density at radius 3 is 2.52 bits per heavy atom. The minimum Gasteiger partial charge on any atom is -0.349 e. The fourth-order valence-corrected chi connectivity index (χ4v) is 2.69. The number of aromatic nitrogens is 3. The van der Waals surface area contributed by atoms with Gasteiger partial charge in [0.15, 0.2) is 11.6 Å². The van der Waals surface area contributed by atoms with E-state index in [0.29, 0.717) is 18.2 Å². The van der Waals surface area contributed by atoms with Crippen molar-refractivity contribution in [1.29, 1.82) is 0 Å². The van der Waals surface area contributed by atoms with Crippen molar-refractivity contribution in [1.82, 2.24) is 14.3 Å². The fraction of sp³-hybridized carbons (Fsp3) is 0.235. The van der Waals surface area contributed by atoms with Crippen molar-refractivity contribution in [3.63, 3.8) is 0 Å². The van der Waals surface area contributed by atoms with Crippen LogP contribution in [0.1, 0.15) is 17.0 Å². The molecular weight excluding hydrogens is 303 g/mol. The molecule has 0 amide bonds. The Morgan fingerprint density at radius 1 is 1.13 bits per heavy atom. The third-order valence-corrected chi connectivity index (χ3v) is 4.05. The summed E-state index contributed by atoms with van der Waals surface area (Å²) in [5.41, 5.74) is 3.38. The summed E-state index contributed by atoms with van der Waals surface area (Å²) in [7, 11) is 1.87. The van der Waals surface area contributed by atoms with Gasteiger partial charge in [0.1, 0.15) is 5.82 Å². The van der Waals surface area contributed by atoms with Crippen molar-refractivity contribution < 1.29 is 13.2 Å². The molecule has 0 saturated heterocycles. The first kappa shape index (κ1) is 15.4. The lowest BCUT2D eigenvalue weighted by molar-refractivity contribution is 0.497. The fourth-order valence-electron chi connectivity index (χ4n) is 2.69. The maximum absolute atomic E-state index is 13.9. The highest BCUT2D eigenvalue weighted by Gasteiger charge is 2.15. The zero-order valence-corrected chi connectivity index (χ0v) is 13.1. The van der Waals surface area contributed by atoms with Gasteiger partial charge in [0.25, 0.3) is 0 Å². The molecule has 0 atom stereocenters. The average molecular weight is 319 g/mol. The van der Waals surface area contributed by atoms with Crippen LogP contribution in [-0.4, -0.2) is 14.3 Å². The average Bonchev–Trinajstić information content (AvgIpc) is 3.04. The number of halogens is 3. The molecule has 0 unspecified atom stereocenters. The third-order valence-electron chi connectivity index (χ3n) is 4.05. The highest BCUT2D eigenvalue weighted by atomic mass is 19.2. The zero-order valence-electron chi connectivity index (χ0n) is 13.1. The monoisotopic (exact) mass is 319 g/mol. The molecule has 1 aromatic carbocycles. The second kappa shape index (κ2) is 5.61. The first-order valence-electron chi connectivity index (χ1n) is 7.16. The van der Waals surface area contributed by atoms with Gasteiger partial charge in [0.05, 0.1) is 12.2 Å². The summed E-state index contributed by atoms with van der Waals surface area (Å²) in [4.78, 5) is 0. The minimum atomic E-state index is -1.19. The number of nitrogens with zero attached hydrogens (tertiary/aromatic N) is 3. The Hall–Kier alpha value is -2.50. The normalized spacial score (nSPS) is 11.2. The quantitative estimate of drug-likeness (QED) is 0.670. The maximum Gasteiger partial charge on any atom is 0.166 e. The Bertz CT molecular complexity index is 878. The number of rotatable bonds is 3. The molecule has 2 aromatic heterocycles. The summed E-state index contributed by atoms with van der Waals surface area (Å²) in [6, 6.07) is 3.18. The summed E-state index contributed by atoms with van der Waals surface area (Å²) < 4.78 is 44.2. The molecule has 3 aromatic rings. The molecule has 3 nitrogen and oxygen atoms in total. The Labute approximate surface area is 132 Å². The van der Waals surface area contributed by atoms with Crippen LogP contribution in [0, 0.1) is 31.3 Å². The van der Waals surface area contributed by atoms with E-state index < -0.39 is 17.5 Å². The van der Waals surface area contributed by atoms with Gasteiger partial charge in [-0.25, -0.2) is 13.2 Å². The van der Waals surface area contributed by atoms with Gasteiger partial charge in [-0.2, -0.15) is 5.10 Å². The number of hydrogen-bond acceptors (Lipinski definition) is 1. The molecule has 0 aliphatic rings. The molecule has 2 heterocycles. The van der Waals surface area contributed by atoms with Gasteiger partial charge in [-0.15, -0.1) is 0 Å². The van der Waals surface area contributed by atoms with Gasteiger partial charge in [-0.05, 0) is 26.0 Å². The summed E-state index contributed by atoms with van der Waals surface area (Å²) in [6.07, 6.45) is 3.42. The molecule has 0 spiro atoms. The second-order valence-corrected chi connectivity index (χ2v) is 5.59. The van der Waals surface area contributed by atoms with Crippen molar-refractivity contribution in [3.8, 4) is 11.1 Å². The topological polar surface area (TPSA) is 22.8 Å². The van der Waals surface area contributed by atoms with Crippen LogP contribution in [0.25, 0.3) is 11.1 Å². The van der Waals surface area contributed by atoms with E-state index in [1.807, 2.05) is 25.5 Å². The van der Waals surface area contributed by atoms with Crippen molar-refractivity contribution in [2.24, 2.45) is 7.05 Å². The lowest BCUT2D eigenvalue weighted by atomic mass is 10.1. The largest absolute Gasteiger partial charge is 0.349 e. The van der Waals surface area contributed by atoms with Gasteiger partial charge in [-0.1, -0.05) is 0 Å². The summed E-state index contributed by atoms with van der Waals surface area (Å²) in [6.45, 7) is 4.46. The Morgan fingerprint density at radius 2 is 1.87 bits per heavy atom. The SMILES string of the molecule is Cc1nn(C)c(C)c1Cn1ccc(-c2cc(F)cc(F)c2F)c1. The zero-order chi connectivity index (χ0) is 16.7. The second-order valence-electron chi connectivity index (χ2n) is 5.59. The van der Waals surface area contributed by atoms with Gasteiger partial charge >= 0.3 is 0 Å². The highest BCUT2D eigenvalue weighted by Crippen LogP contribution is 2.26. The first-order valence-corrected chi connectivity index (χ1v) is 7.16. The van der Waals surface area contributed by atoms with Gasteiger partial charge in [0, 0.05) is 47.9 Å². The van der Waals surface area contributed by atoms with Crippen LogP contribution in [0.2, 0.25) is 0 Å². The van der Waals surface area contributed by atoms with Crippen LogP contribution in [0.4, 0.5) is 13.2 Å². The number of benzene rings is 1. The first-order chi connectivity index (χ1) is 10.9. The van der Waals surface area contributed by atoms with Crippen LogP contribution in [0.5, 0.6) is 0 Å². The predicted octanol–water partition coefficient (Wildman–Crippen LogP) is 3.97. The van der Waals surface area contributed by atoms with E-state index in [1.54, 1.807) is 23.1 Å². The lowest BCUT2D eigenvalue weighted by Gasteiger charge is -2.05. The van der Waals surface area contributed by atoms with E-state index in [2.05, 4.69) is 5.10 Å². The molecule has 0 bridgehead atoms. The molecule has 0 saturated carbocycles. The Balaban J connectivity index is 1.95. The van der Waals surface area contributed by atoms with Crippen molar-refractivity contribution >= 4 is 0 Å². The molecule has 120 valence electrons. The van der Waals surface area contributed by atoms with Crippen LogP contribution >= 0.6 is 0 Å². The highest BCUT2D eigenvalue weighted by molar-refractivity contribution is 5.63. The molecule has 0 fully saturated rings. The van der Waals surface area contributed by atoms with Crippen molar-refractivity contribution in [2.45, 2.75) is 20.4 Å². The number of aryl methyl sites for hydroxylation is 2. The lowest BCUT2D eigenvalue weighted by Crippen LogP contribution is -2.00. The van der Waals surface area contributed by atoms with E-state index in [4.69, 9.17) is 0 Å². The van der Waals surface area contributed by atoms with Gasteiger partial charge < -0.3 is 4.57 Å². The molecule has 6 heteroatoms. The minimum absolute atomic E-state index is 0.0825. The third kappa shape index (κ3) is 2.76. The summed E-state index contributed by atoms with van der Waals surface area (Å²) in [5.74, 6) is -3.03. The van der Waals surface area contributed by atoms with Crippen molar-refractivity contribution in [3.05, 3.63) is 65.0 Å². The number of hydrogen-bond donors (Lipinski definition) is 0. The molecular formula is C17H16F3N3. The Kier molecular flexibility index (Phi) is 3.75. The smallest absolute Gasteiger partial charge is 0.166 e. The van der Waals surface area contributed by atoms with Gasteiger partial charge in [0.2, 0.25) is 0 Å². The van der Waals surface area contributed by atoms with Gasteiger partial charge in [-0.3, -0.25) is 4.68 Å². The maximum atomic E-state index is 13.9. The molecule has 0 N–H and O–H groups in total. The molecule has 0 aliphatic carbocycles.